The molecule has 1 aliphatic rings. The Balaban J connectivity index is 1.54. The molecule has 15 nitrogen and oxygen atoms in total. The Morgan fingerprint density at radius 1 is 1.02 bits per heavy atom. The molecule has 1 aliphatic heterocycles. The highest BCUT2D eigenvalue weighted by molar-refractivity contribution is 5.95. The zero-order valence-corrected chi connectivity index (χ0v) is 23.6. The third kappa shape index (κ3) is 8.78. The summed E-state index contributed by atoms with van der Waals surface area (Å²) in [7, 11) is 0. The van der Waals surface area contributed by atoms with Crippen molar-refractivity contribution in [2.24, 2.45) is 16.5 Å². The molecule has 230 valence electrons. The van der Waals surface area contributed by atoms with E-state index in [9.17, 15) is 24.3 Å². The van der Waals surface area contributed by atoms with E-state index in [4.69, 9.17) is 11.5 Å². The molecule has 0 spiro atoms. The molecule has 0 saturated carbocycles. The molecule has 2 aromatic heterocycles. The van der Waals surface area contributed by atoms with Gasteiger partial charge in [0.25, 0.3) is 0 Å². The molecule has 3 aromatic rings. The zero-order valence-electron chi connectivity index (χ0n) is 23.6. The number of hydrogen-bond acceptors (Lipinski definition) is 7. The fourth-order valence-corrected chi connectivity index (χ4v) is 5.04. The van der Waals surface area contributed by atoms with Crippen LogP contribution in [0.25, 0.3) is 10.9 Å². The number of carbonyl (C=O) groups excluding carboxylic acids is 3. The quantitative estimate of drug-likeness (QED) is 0.0595. The number of fused-ring (bicyclic) bond motifs is 1. The van der Waals surface area contributed by atoms with E-state index in [2.05, 4.69) is 41.2 Å². The lowest BCUT2D eigenvalue weighted by molar-refractivity contribution is -0.142. The zero-order chi connectivity index (χ0) is 30.8. The van der Waals surface area contributed by atoms with Crippen molar-refractivity contribution in [2.75, 3.05) is 13.1 Å². The van der Waals surface area contributed by atoms with E-state index in [1.165, 1.54) is 6.33 Å². The summed E-state index contributed by atoms with van der Waals surface area (Å²) in [5.41, 5.74) is 12.9. The summed E-state index contributed by atoms with van der Waals surface area (Å²) >= 11 is 0. The van der Waals surface area contributed by atoms with Gasteiger partial charge in [-0.2, -0.15) is 0 Å². The van der Waals surface area contributed by atoms with Gasteiger partial charge in [0.15, 0.2) is 5.96 Å². The molecule has 4 rings (SSSR count). The number of aliphatic carboxylic acids is 1. The van der Waals surface area contributed by atoms with Crippen molar-refractivity contribution < 1.29 is 24.3 Å². The van der Waals surface area contributed by atoms with Crippen LogP contribution in [0.1, 0.15) is 36.9 Å². The number of carboxylic acids is 1. The van der Waals surface area contributed by atoms with Crippen LogP contribution < -0.4 is 32.7 Å². The van der Waals surface area contributed by atoms with Crippen molar-refractivity contribution >= 4 is 40.6 Å². The number of carbonyl (C=O) groups is 4. The molecular formula is C28H38N10O5. The van der Waals surface area contributed by atoms with Gasteiger partial charge < -0.3 is 47.8 Å². The fourth-order valence-electron chi connectivity index (χ4n) is 5.04. The van der Waals surface area contributed by atoms with Crippen LogP contribution in [0.2, 0.25) is 0 Å². The van der Waals surface area contributed by atoms with Gasteiger partial charge in [-0.25, -0.2) is 9.78 Å². The highest BCUT2D eigenvalue weighted by Gasteiger charge is 2.32. The number of rotatable bonds is 15. The van der Waals surface area contributed by atoms with Gasteiger partial charge in [-0.15, -0.1) is 0 Å². The number of amides is 3. The van der Waals surface area contributed by atoms with Gasteiger partial charge in [0, 0.05) is 48.4 Å². The third-order valence-electron chi connectivity index (χ3n) is 7.28. The molecule has 43 heavy (non-hydrogen) atoms. The lowest BCUT2D eigenvalue weighted by Crippen LogP contribution is -2.58. The second-order valence-corrected chi connectivity index (χ2v) is 10.5. The Morgan fingerprint density at radius 2 is 1.77 bits per heavy atom. The molecule has 0 bridgehead atoms. The summed E-state index contributed by atoms with van der Waals surface area (Å²) in [5.74, 6) is -2.94. The molecule has 1 fully saturated rings. The van der Waals surface area contributed by atoms with E-state index < -0.39 is 42.0 Å². The minimum atomic E-state index is -1.24. The predicted octanol–water partition coefficient (Wildman–Crippen LogP) is -0.979. The molecule has 3 heterocycles. The lowest BCUT2D eigenvalue weighted by atomic mass is 10.0. The van der Waals surface area contributed by atoms with Crippen LogP contribution in [0.15, 0.2) is 48.0 Å². The summed E-state index contributed by atoms with van der Waals surface area (Å²) in [4.78, 5) is 66.1. The number of hydrogen-bond donors (Lipinski definition) is 9. The number of imidazole rings is 1. The molecule has 11 N–H and O–H groups in total. The first-order valence-electron chi connectivity index (χ1n) is 14.2. The number of guanidine groups is 1. The van der Waals surface area contributed by atoms with Gasteiger partial charge in [-0.1, -0.05) is 18.2 Å². The second-order valence-electron chi connectivity index (χ2n) is 10.5. The molecular weight excluding hydrogens is 556 g/mol. The third-order valence-corrected chi connectivity index (χ3v) is 7.28. The van der Waals surface area contributed by atoms with E-state index in [1.807, 2.05) is 24.3 Å². The minimum absolute atomic E-state index is 0.0663. The van der Waals surface area contributed by atoms with Crippen LogP contribution in [0, 0.1) is 0 Å². The molecule has 0 aliphatic carbocycles. The Labute approximate surface area is 247 Å². The summed E-state index contributed by atoms with van der Waals surface area (Å²) in [6.07, 6.45) is 6.81. The van der Waals surface area contributed by atoms with Crippen molar-refractivity contribution in [3.05, 3.63) is 54.2 Å². The van der Waals surface area contributed by atoms with Crippen LogP contribution in [0.4, 0.5) is 0 Å². The highest BCUT2D eigenvalue weighted by Crippen LogP contribution is 2.19. The van der Waals surface area contributed by atoms with E-state index in [-0.39, 0.29) is 37.7 Å². The van der Waals surface area contributed by atoms with Crippen LogP contribution >= 0.6 is 0 Å². The Hall–Kier alpha value is -4.92. The van der Waals surface area contributed by atoms with E-state index in [1.54, 1.807) is 12.4 Å². The highest BCUT2D eigenvalue weighted by atomic mass is 16.4. The van der Waals surface area contributed by atoms with Gasteiger partial charge in [0.05, 0.1) is 12.4 Å². The molecule has 15 heteroatoms. The Kier molecular flexibility index (Phi) is 10.7. The largest absolute Gasteiger partial charge is 0.480 e. The number of nitrogens with two attached hydrogens (primary N) is 2. The molecule has 1 saturated heterocycles. The lowest BCUT2D eigenvalue weighted by Gasteiger charge is -2.25. The number of aliphatic imine (C=N–C) groups is 1. The number of benzene rings is 1. The second kappa shape index (κ2) is 14.8. The average molecular weight is 595 g/mol. The Morgan fingerprint density at radius 3 is 2.44 bits per heavy atom. The summed E-state index contributed by atoms with van der Waals surface area (Å²) < 4.78 is 0. The standard InChI is InChI=1S/C28H38N10O5/c29-28(30)33-10-4-8-21(27(42)43)36-25(40)22(11-16-13-34-19-6-2-1-5-18(16)19)37-26(41)23(12-17-14-31-15-35-17)38-24(39)20-7-3-9-32-20/h1-2,5-6,13-15,20-23,32,34H,3-4,7-12H2,(H,31,35)(H,36,40)(H,37,41)(H,38,39)(H,42,43)(H4,29,30,33). The number of carboxylic acid groups (broad SMARTS) is 1. The SMILES string of the molecule is NC(N)=NCCCC(NC(=O)C(Cc1c[nH]c2ccccc12)NC(=O)C(Cc1cnc[nH]1)NC(=O)C1CCCN1)C(=O)O. The van der Waals surface area contributed by atoms with Gasteiger partial charge in [0.2, 0.25) is 17.7 Å². The molecule has 0 radical (unpaired) electrons. The van der Waals surface area contributed by atoms with Crippen molar-refractivity contribution in [2.45, 2.75) is 62.7 Å². The van der Waals surface area contributed by atoms with Crippen molar-refractivity contribution in [1.82, 2.24) is 36.2 Å². The number of nitrogens with zero attached hydrogens (tertiary/aromatic N) is 2. The topological polar surface area (TPSA) is 245 Å². The van der Waals surface area contributed by atoms with E-state index >= 15 is 0 Å². The van der Waals surface area contributed by atoms with Crippen LogP contribution in [-0.4, -0.2) is 87.0 Å². The van der Waals surface area contributed by atoms with Gasteiger partial charge in [-0.3, -0.25) is 19.4 Å². The number of para-hydroxylation sites is 1. The van der Waals surface area contributed by atoms with Crippen LogP contribution in [0.3, 0.4) is 0 Å². The first kappa shape index (κ1) is 31.0. The predicted molar refractivity (Wildman–Crippen MR) is 159 cm³/mol. The normalized spacial score (nSPS) is 16.6. The Bertz CT molecular complexity index is 1430. The van der Waals surface area contributed by atoms with Crippen molar-refractivity contribution in [3.8, 4) is 0 Å². The smallest absolute Gasteiger partial charge is 0.326 e. The molecule has 4 atom stereocenters. The molecule has 1 aromatic carbocycles. The van der Waals surface area contributed by atoms with E-state index in [0.29, 0.717) is 25.1 Å². The van der Waals surface area contributed by atoms with Crippen LogP contribution in [-0.2, 0) is 32.0 Å². The number of nitrogens with one attached hydrogen (secondary N) is 6. The van der Waals surface area contributed by atoms with Gasteiger partial charge in [-0.05, 0) is 43.9 Å². The minimum Gasteiger partial charge on any atom is -0.480 e. The summed E-state index contributed by atoms with van der Waals surface area (Å²) in [5, 5.41) is 21.9. The maximum Gasteiger partial charge on any atom is 0.326 e. The summed E-state index contributed by atoms with van der Waals surface area (Å²) in [6.45, 7) is 0.904. The molecule has 3 amide bonds. The number of aromatic nitrogens is 3. The monoisotopic (exact) mass is 594 g/mol. The number of H-pyrrole nitrogens is 2. The van der Waals surface area contributed by atoms with Crippen molar-refractivity contribution in [1.29, 1.82) is 0 Å². The first-order chi connectivity index (χ1) is 20.7. The van der Waals surface area contributed by atoms with Crippen molar-refractivity contribution in [3.63, 3.8) is 0 Å². The van der Waals surface area contributed by atoms with Gasteiger partial charge >= 0.3 is 5.97 Å². The van der Waals surface area contributed by atoms with E-state index in [0.717, 1.165) is 22.9 Å². The maximum atomic E-state index is 13.7. The average Bonchev–Trinajstić information content (AvgIpc) is 3.76. The molecule has 4 unspecified atom stereocenters. The maximum absolute atomic E-state index is 13.7. The number of aromatic amines is 2. The first-order valence-corrected chi connectivity index (χ1v) is 14.2. The van der Waals surface area contributed by atoms with Crippen LogP contribution in [0.5, 0.6) is 0 Å². The fraction of sp³-hybridized carbons (Fsp3) is 0.429. The van der Waals surface area contributed by atoms with Gasteiger partial charge in [0.1, 0.15) is 18.1 Å². The summed E-state index contributed by atoms with van der Waals surface area (Å²) in [6, 6.07) is 3.66.